The summed E-state index contributed by atoms with van der Waals surface area (Å²) in [6, 6.07) is 3.54. The molecule has 0 unspecified atom stereocenters. The van der Waals surface area contributed by atoms with Crippen LogP contribution in [0.25, 0.3) is 0 Å². The van der Waals surface area contributed by atoms with Crippen molar-refractivity contribution in [3.63, 3.8) is 0 Å². The third kappa shape index (κ3) is 4.12. The molecule has 7 nitrogen and oxygen atoms in total. The fourth-order valence-electron chi connectivity index (χ4n) is 2.62. The number of hydrogen-bond acceptors (Lipinski definition) is 4. The van der Waals surface area contributed by atoms with Crippen molar-refractivity contribution in [1.82, 2.24) is 15.2 Å². The first kappa shape index (κ1) is 15.6. The van der Waals surface area contributed by atoms with Gasteiger partial charge in [-0.05, 0) is 18.9 Å². The van der Waals surface area contributed by atoms with E-state index in [1.54, 1.807) is 24.2 Å². The Morgan fingerprint density at radius 2 is 1.96 bits per heavy atom. The van der Waals surface area contributed by atoms with Gasteiger partial charge in [-0.25, -0.2) is 9.78 Å². The van der Waals surface area contributed by atoms with Crippen LogP contribution in [-0.4, -0.2) is 48.1 Å². The van der Waals surface area contributed by atoms with Gasteiger partial charge in [-0.15, -0.1) is 0 Å². The molecule has 2 N–H and O–H groups in total. The van der Waals surface area contributed by atoms with E-state index < -0.39 is 0 Å². The number of anilines is 1. The van der Waals surface area contributed by atoms with Crippen LogP contribution in [0.5, 0.6) is 5.88 Å². The van der Waals surface area contributed by atoms with Gasteiger partial charge in [0.2, 0.25) is 11.8 Å². The van der Waals surface area contributed by atoms with E-state index in [-0.39, 0.29) is 24.0 Å². The van der Waals surface area contributed by atoms with Gasteiger partial charge in [-0.1, -0.05) is 0 Å². The summed E-state index contributed by atoms with van der Waals surface area (Å²) < 4.78 is 5.85. The van der Waals surface area contributed by atoms with Crippen molar-refractivity contribution in [2.45, 2.75) is 31.8 Å². The lowest BCUT2D eigenvalue weighted by molar-refractivity contribution is -0.117. The second-order valence-electron chi connectivity index (χ2n) is 6.01. The number of pyridine rings is 1. The molecular formula is C16H22N4O3. The number of likely N-dealkylation sites (tertiary alicyclic amines) is 1. The smallest absolute Gasteiger partial charge is 0.317 e. The highest BCUT2D eigenvalue weighted by Crippen LogP contribution is 2.30. The molecule has 0 atom stereocenters. The molecule has 0 spiro atoms. The van der Waals surface area contributed by atoms with Crippen LogP contribution < -0.4 is 15.4 Å². The largest absolute Gasteiger partial charge is 0.474 e. The van der Waals surface area contributed by atoms with Gasteiger partial charge in [0.15, 0.2) is 0 Å². The zero-order valence-corrected chi connectivity index (χ0v) is 13.2. The zero-order valence-electron chi connectivity index (χ0n) is 13.2. The Bertz CT molecular complexity index is 563. The number of amides is 3. The van der Waals surface area contributed by atoms with E-state index in [0.717, 1.165) is 25.7 Å². The number of nitrogens with zero attached hydrogens (tertiary/aromatic N) is 2. The maximum absolute atomic E-state index is 11.7. The molecule has 2 fully saturated rings. The SMILES string of the molecule is CNC(=O)N1CCC(Oc2ccc(NC(=O)C3CC3)cn2)CC1. The number of carbonyl (C=O) groups excluding carboxylic acids is 2. The molecular weight excluding hydrogens is 296 g/mol. The van der Waals surface area contributed by atoms with Gasteiger partial charge in [0.1, 0.15) is 6.10 Å². The lowest BCUT2D eigenvalue weighted by Gasteiger charge is -2.31. The van der Waals surface area contributed by atoms with Gasteiger partial charge in [-0.2, -0.15) is 0 Å². The zero-order chi connectivity index (χ0) is 16.2. The number of rotatable bonds is 4. The quantitative estimate of drug-likeness (QED) is 0.883. The third-order valence-corrected chi connectivity index (χ3v) is 4.18. The minimum absolute atomic E-state index is 0.0441. The van der Waals surface area contributed by atoms with Crippen LogP contribution in [0, 0.1) is 5.92 Å². The Morgan fingerprint density at radius 1 is 1.22 bits per heavy atom. The first-order chi connectivity index (χ1) is 11.2. The summed E-state index contributed by atoms with van der Waals surface area (Å²) in [5.74, 6) is 0.797. The van der Waals surface area contributed by atoms with Crippen LogP contribution in [0.3, 0.4) is 0 Å². The number of nitrogens with one attached hydrogen (secondary N) is 2. The maximum atomic E-state index is 11.7. The molecule has 2 aliphatic rings. The van der Waals surface area contributed by atoms with Crippen LogP contribution in [0.15, 0.2) is 18.3 Å². The molecule has 7 heteroatoms. The highest BCUT2D eigenvalue weighted by atomic mass is 16.5. The van der Waals surface area contributed by atoms with Crippen LogP contribution in [-0.2, 0) is 4.79 Å². The van der Waals surface area contributed by atoms with Gasteiger partial charge in [-0.3, -0.25) is 4.79 Å². The molecule has 3 rings (SSSR count). The van der Waals surface area contributed by atoms with E-state index in [1.807, 2.05) is 6.07 Å². The average molecular weight is 318 g/mol. The summed E-state index contributed by atoms with van der Waals surface area (Å²) in [5.41, 5.74) is 0.698. The molecule has 2 heterocycles. The summed E-state index contributed by atoms with van der Waals surface area (Å²) in [6.45, 7) is 1.36. The molecule has 1 saturated carbocycles. The summed E-state index contributed by atoms with van der Waals surface area (Å²) in [4.78, 5) is 29.2. The molecule has 1 aliphatic heterocycles. The number of carbonyl (C=O) groups is 2. The van der Waals surface area contributed by atoms with Gasteiger partial charge in [0.05, 0.1) is 11.9 Å². The molecule has 1 aromatic heterocycles. The third-order valence-electron chi connectivity index (χ3n) is 4.18. The van der Waals surface area contributed by atoms with Crippen molar-refractivity contribution >= 4 is 17.6 Å². The van der Waals surface area contributed by atoms with Crippen LogP contribution >= 0.6 is 0 Å². The predicted octanol–water partition coefficient (Wildman–Crippen LogP) is 1.61. The average Bonchev–Trinajstić information content (AvgIpc) is 3.42. The molecule has 23 heavy (non-hydrogen) atoms. The number of aromatic nitrogens is 1. The van der Waals surface area contributed by atoms with Gasteiger partial charge < -0.3 is 20.3 Å². The van der Waals surface area contributed by atoms with E-state index in [2.05, 4.69) is 15.6 Å². The first-order valence-corrected chi connectivity index (χ1v) is 8.06. The maximum Gasteiger partial charge on any atom is 0.317 e. The summed E-state index contributed by atoms with van der Waals surface area (Å²) in [6.07, 6.45) is 5.22. The number of hydrogen-bond donors (Lipinski definition) is 2. The van der Waals surface area contributed by atoms with E-state index in [4.69, 9.17) is 4.74 Å². The second kappa shape index (κ2) is 6.85. The molecule has 3 amide bonds. The van der Waals surface area contributed by atoms with Crippen molar-refractivity contribution in [3.8, 4) is 5.88 Å². The molecule has 1 aromatic rings. The van der Waals surface area contributed by atoms with Crippen molar-refractivity contribution in [2.75, 3.05) is 25.5 Å². The molecule has 0 radical (unpaired) electrons. The number of piperidine rings is 1. The second-order valence-corrected chi connectivity index (χ2v) is 6.01. The van der Waals surface area contributed by atoms with Crippen molar-refractivity contribution < 1.29 is 14.3 Å². The Morgan fingerprint density at radius 3 is 2.52 bits per heavy atom. The standard InChI is InChI=1S/C16H22N4O3/c1-17-16(22)20-8-6-13(7-9-20)23-14-5-4-12(10-18-14)19-15(21)11-2-3-11/h4-5,10-11,13H,2-3,6-9H2,1H3,(H,17,22)(H,19,21). The van der Waals surface area contributed by atoms with E-state index in [0.29, 0.717) is 24.7 Å². The topological polar surface area (TPSA) is 83.6 Å². The summed E-state index contributed by atoms with van der Waals surface area (Å²) in [5, 5.41) is 5.48. The Kier molecular flexibility index (Phi) is 4.64. The Labute approximate surface area is 135 Å². The Balaban J connectivity index is 1.47. The minimum Gasteiger partial charge on any atom is -0.474 e. The lowest BCUT2D eigenvalue weighted by atomic mass is 10.1. The van der Waals surface area contributed by atoms with Gasteiger partial charge >= 0.3 is 6.03 Å². The minimum atomic E-state index is -0.0441. The summed E-state index contributed by atoms with van der Waals surface area (Å²) >= 11 is 0. The van der Waals surface area contributed by atoms with Crippen LogP contribution in [0.4, 0.5) is 10.5 Å². The van der Waals surface area contributed by atoms with E-state index >= 15 is 0 Å². The Hall–Kier alpha value is -2.31. The molecule has 1 saturated heterocycles. The normalized spacial score (nSPS) is 18.4. The highest BCUT2D eigenvalue weighted by molar-refractivity contribution is 5.93. The van der Waals surface area contributed by atoms with Gasteiger partial charge in [0.25, 0.3) is 0 Å². The van der Waals surface area contributed by atoms with E-state index in [9.17, 15) is 9.59 Å². The number of urea groups is 1. The molecule has 1 aliphatic carbocycles. The van der Waals surface area contributed by atoms with Gasteiger partial charge in [0, 0.05) is 45.0 Å². The fourth-order valence-corrected chi connectivity index (χ4v) is 2.62. The van der Waals surface area contributed by atoms with Crippen LogP contribution in [0.2, 0.25) is 0 Å². The van der Waals surface area contributed by atoms with Crippen molar-refractivity contribution in [3.05, 3.63) is 18.3 Å². The highest BCUT2D eigenvalue weighted by Gasteiger charge is 2.29. The van der Waals surface area contributed by atoms with Crippen molar-refractivity contribution in [2.24, 2.45) is 5.92 Å². The van der Waals surface area contributed by atoms with Crippen molar-refractivity contribution in [1.29, 1.82) is 0 Å². The van der Waals surface area contributed by atoms with Crippen LogP contribution in [0.1, 0.15) is 25.7 Å². The summed E-state index contributed by atoms with van der Waals surface area (Å²) in [7, 11) is 1.64. The molecule has 124 valence electrons. The number of ether oxygens (including phenoxy) is 1. The van der Waals surface area contributed by atoms with E-state index in [1.165, 1.54) is 0 Å². The predicted molar refractivity (Wildman–Crippen MR) is 85.3 cm³/mol. The first-order valence-electron chi connectivity index (χ1n) is 8.06. The molecule has 0 aromatic carbocycles. The monoisotopic (exact) mass is 318 g/mol. The fraction of sp³-hybridized carbons (Fsp3) is 0.562. The lowest BCUT2D eigenvalue weighted by Crippen LogP contribution is -2.45. The molecule has 0 bridgehead atoms.